The summed E-state index contributed by atoms with van der Waals surface area (Å²) in [6.07, 6.45) is 6.84. The van der Waals surface area contributed by atoms with E-state index in [-0.39, 0.29) is 6.03 Å². The van der Waals surface area contributed by atoms with Crippen molar-refractivity contribution in [2.45, 2.75) is 44.6 Å². The molecule has 3 nitrogen and oxygen atoms in total. The fourth-order valence-corrected chi connectivity index (χ4v) is 1.69. The number of carbonyl (C=O) groups is 1. The van der Waals surface area contributed by atoms with E-state index in [1.54, 1.807) is 0 Å². The van der Waals surface area contributed by atoms with E-state index in [0.29, 0.717) is 12.6 Å². The maximum atomic E-state index is 11.2. The van der Waals surface area contributed by atoms with Crippen molar-refractivity contribution in [3.05, 3.63) is 6.92 Å². The van der Waals surface area contributed by atoms with Crippen LogP contribution in [0.5, 0.6) is 0 Å². The lowest BCUT2D eigenvalue weighted by Gasteiger charge is -2.22. The Kier molecular flexibility index (Phi) is 4.65. The molecule has 0 atom stereocenters. The largest absolute Gasteiger partial charge is 0.338 e. The number of nitrogens with one attached hydrogen (secondary N) is 2. The van der Waals surface area contributed by atoms with Crippen LogP contribution in [0.2, 0.25) is 0 Å². The lowest BCUT2D eigenvalue weighted by Crippen LogP contribution is -2.43. The molecule has 1 saturated carbocycles. The first-order valence-electron chi connectivity index (χ1n) is 5.16. The van der Waals surface area contributed by atoms with E-state index in [1.165, 1.54) is 19.3 Å². The molecule has 0 heterocycles. The zero-order valence-electron chi connectivity index (χ0n) is 8.14. The van der Waals surface area contributed by atoms with Gasteiger partial charge in [-0.05, 0) is 19.3 Å². The highest BCUT2D eigenvalue weighted by Crippen LogP contribution is 2.16. The standard InChI is InChI=1S/C10H19N2O/c1-2-8-11-10(13)12-9-6-4-3-5-7-9/h9H,1-8H2,(H2,11,12,13). The first kappa shape index (κ1) is 10.4. The molecule has 1 radical (unpaired) electrons. The third-order valence-electron chi connectivity index (χ3n) is 2.40. The number of hydrogen-bond donors (Lipinski definition) is 2. The summed E-state index contributed by atoms with van der Waals surface area (Å²) in [5.41, 5.74) is 0. The molecule has 0 saturated heterocycles. The molecule has 0 aromatic carbocycles. The quantitative estimate of drug-likeness (QED) is 0.688. The average Bonchev–Trinajstić information content (AvgIpc) is 2.16. The van der Waals surface area contributed by atoms with E-state index in [2.05, 4.69) is 17.6 Å². The average molecular weight is 183 g/mol. The summed E-state index contributed by atoms with van der Waals surface area (Å²) in [7, 11) is 0. The van der Waals surface area contributed by atoms with Gasteiger partial charge in [0.1, 0.15) is 0 Å². The van der Waals surface area contributed by atoms with Gasteiger partial charge in [0.05, 0.1) is 0 Å². The molecule has 13 heavy (non-hydrogen) atoms. The monoisotopic (exact) mass is 183 g/mol. The summed E-state index contributed by atoms with van der Waals surface area (Å²) in [6.45, 7) is 4.33. The zero-order valence-corrected chi connectivity index (χ0v) is 8.14. The van der Waals surface area contributed by atoms with Gasteiger partial charge in [0.25, 0.3) is 0 Å². The molecule has 2 amide bonds. The first-order valence-corrected chi connectivity index (χ1v) is 5.16. The summed E-state index contributed by atoms with van der Waals surface area (Å²) in [6, 6.07) is 0.370. The van der Waals surface area contributed by atoms with Crippen LogP contribution in [0, 0.1) is 6.92 Å². The van der Waals surface area contributed by atoms with Crippen LogP contribution in [-0.4, -0.2) is 18.6 Å². The van der Waals surface area contributed by atoms with Crippen LogP contribution in [0.4, 0.5) is 4.79 Å². The van der Waals surface area contributed by atoms with Crippen LogP contribution in [0.3, 0.4) is 0 Å². The van der Waals surface area contributed by atoms with E-state index in [4.69, 9.17) is 0 Å². The second-order valence-electron chi connectivity index (χ2n) is 3.59. The van der Waals surface area contributed by atoms with Crippen molar-refractivity contribution in [3.8, 4) is 0 Å². The predicted octanol–water partition coefficient (Wildman–Crippen LogP) is 1.84. The van der Waals surface area contributed by atoms with Gasteiger partial charge >= 0.3 is 6.03 Å². The van der Waals surface area contributed by atoms with Gasteiger partial charge in [-0.15, -0.1) is 0 Å². The van der Waals surface area contributed by atoms with Gasteiger partial charge in [-0.25, -0.2) is 4.79 Å². The van der Waals surface area contributed by atoms with Crippen molar-refractivity contribution in [1.29, 1.82) is 0 Å². The molecule has 1 rings (SSSR count). The minimum Gasteiger partial charge on any atom is -0.338 e. The van der Waals surface area contributed by atoms with Crippen molar-refractivity contribution in [1.82, 2.24) is 10.6 Å². The first-order chi connectivity index (χ1) is 6.33. The van der Waals surface area contributed by atoms with Crippen molar-refractivity contribution < 1.29 is 4.79 Å². The normalized spacial score (nSPS) is 18.2. The summed E-state index contributed by atoms with van der Waals surface area (Å²) in [4.78, 5) is 11.2. The van der Waals surface area contributed by atoms with E-state index in [1.807, 2.05) is 0 Å². The number of amides is 2. The summed E-state index contributed by atoms with van der Waals surface area (Å²) < 4.78 is 0. The maximum Gasteiger partial charge on any atom is 0.315 e. The van der Waals surface area contributed by atoms with Crippen LogP contribution >= 0.6 is 0 Å². The molecule has 2 N–H and O–H groups in total. The molecule has 0 aliphatic heterocycles. The minimum atomic E-state index is -0.0319. The topological polar surface area (TPSA) is 41.1 Å². The van der Waals surface area contributed by atoms with Gasteiger partial charge in [-0.3, -0.25) is 0 Å². The summed E-state index contributed by atoms with van der Waals surface area (Å²) in [5, 5.41) is 5.74. The molecule has 75 valence electrons. The lowest BCUT2D eigenvalue weighted by molar-refractivity contribution is 0.233. The molecule has 1 fully saturated rings. The van der Waals surface area contributed by atoms with Crippen molar-refractivity contribution in [3.63, 3.8) is 0 Å². The molecule has 1 aliphatic carbocycles. The molecule has 0 aromatic rings. The Morgan fingerprint density at radius 2 is 2.00 bits per heavy atom. The van der Waals surface area contributed by atoms with E-state index < -0.39 is 0 Å². The highest BCUT2D eigenvalue weighted by Gasteiger charge is 2.14. The highest BCUT2D eigenvalue weighted by atomic mass is 16.2. The minimum absolute atomic E-state index is 0.0319. The smallest absolute Gasteiger partial charge is 0.315 e. The van der Waals surface area contributed by atoms with Gasteiger partial charge in [0.2, 0.25) is 0 Å². The van der Waals surface area contributed by atoms with Gasteiger partial charge < -0.3 is 10.6 Å². The van der Waals surface area contributed by atoms with Crippen molar-refractivity contribution in [2.24, 2.45) is 0 Å². The number of carbonyl (C=O) groups excluding carboxylic acids is 1. The Morgan fingerprint density at radius 3 is 2.62 bits per heavy atom. The van der Waals surface area contributed by atoms with Gasteiger partial charge in [-0.2, -0.15) is 0 Å². The van der Waals surface area contributed by atoms with Gasteiger partial charge in [0.15, 0.2) is 0 Å². The number of urea groups is 1. The maximum absolute atomic E-state index is 11.2. The van der Waals surface area contributed by atoms with E-state index >= 15 is 0 Å². The molecule has 0 aromatic heterocycles. The number of hydrogen-bond acceptors (Lipinski definition) is 1. The highest BCUT2D eigenvalue weighted by molar-refractivity contribution is 5.74. The second-order valence-corrected chi connectivity index (χ2v) is 3.59. The van der Waals surface area contributed by atoms with Crippen LogP contribution < -0.4 is 10.6 Å². The Labute approximate surface area is 80.3 Å². The molecule has 0 bridgehead atoms. The molecule has 0 unspecified atom stereocenters. The summed E-state index contributed by atoms with van der Waals surface area (Å²) in [5.74, 6) is 0. The van der Waals surface area contributed by atoms with Crippen LogP contribution in [0.1, 0.15) is 38.5 Å². The van der Waals surface area contributed by atoms with E-state index in [9.17, 15) is 4.79 Å². The van der Waals surface area contributed by atoms with E-state index in [0.717, 1.165) is 19.3 Å². The predicted molar refractivity (Wildman–Crippen MR) is 53.4 cm³/mol. The van der Waals surface area contributed by atoms with Crippen LogP contribution in [0.25, 0.3) is 0 Å². The Hall–Kier alpha value is -0.730. The third-order valence-corrected chi connectivity index (χ3v) is 2.40. The SMILES string of the molecule is [CH2]CCNC(=O)NC1CCCCC1. The summed E-state index contributed by atoms with van der Waals surface area (Å²) >= 11 is 0. The van der Waals surface area contributed by atoms with Crippen LogP contribution in [0.15, 0.2) is 0 Å². The molecule has 0 spiro atoms. The molecule has 3 heteroatoms. The Balaban J connectivity index is 2.11. The van der Waals surface area contributed by atoms with Crippen molar-refractivity contribution in [2.75, 3.05) is 6.54 Å². The lowest BCUT2D eigenvalue weighted by atomic mass is 9.96. The Bertz CT molecular complexity index is 153. The van der Waals surface area contributed by atoms with Crippen LogP contribution in [-0.2, 0) is 0 Å². The zero-order chi connectivity index (χ0) is 9.52. The number of rotatable bonds is 3. The second kappa shape index (κ2) is 5.84. The van der Waals surface area contributed by atoms with Gasteiger partial charge in [0, 0.05) is 12.6 Å². The van der Waals surface area contributed by atoms with Gasteiger partial charge in [-0.1, -0.05) is 26.2 Å². The molecular weight excluding hydrogens is 164 g/mol. The fraction of sp³-hybridized carbons (Fsp3) is 0.800. The third kappa shape index (κ3) is 4.15. The Morgan fingerprint density at radius 1 is 1.31 bits per heavy atom. The fourth-order valence-electron chi connectivity index (χ4n) is 1.69. The molecule has 1 aliphatic rings. The molecular formula is C10H19N2O. The van der Waals surface area contributed by atoms with Crippen molar-refractivity contribution >= 4 is 6.03 Å².